The molecule has 0 aromatic carbocycles. The van der Waals surface area contributed by atoms with Crippen molar-refractivity contribution < 1.29 is 4.79 Å². The van der Waals surface area contributed by atoms with Crippen molar-refractivity contribution in [2.45, 2.75) is 39.2 Å². The van der Waals surface area contributed by atoms with Crippen molar-refractivity contribution >= 4 is 17.5 Å². The molecule has 110 valence electrons. The fourth-order valence-corrected chi connectivity index (χ4v) is 2.52. The third-order valence-corrected chi connectivity index (χ3v) is 3.68. The number of anilines is 2. The molecule has 1 fully saturated rings. The Labute approximate surface area is 118 Å². The van der Waals surface area contributed by atoms with Gasteiger partial charge < -0.3 is 15.6 Å². The second-order valence-electron chi connectivity index (χ2n) is 5.73. The SMILES string of the molecule is CC(C)c1c(NN)ncnc1N1CCNC(=O)C1(C)C. The summed E-state index contributed by atoms with van der Waals surface area (Å²) in [5.41, 5.74) is 2.89. The van der Waals surface area contributed by atoms with Gasteiger partial charge in [-0.25, -0.2) is 15.8 Å². The summed E-state index contributed by atoms with van der Waals surface area (Å²) in [7, 11) is 0. The number of piperazine rings is 1. The van der Waals surface area contributed by atoms with Crippen molar-refractivity contribution in [2.24, 2.45) is 5.84 Å². The van der Waals surface area contributed by atoms with Crippen molar-refractivity contribution in [2.75, 3.05) is 23.4 Å². The van der Waals surface area contributed by atoms with E-state index in [4.69, 9.17) is 5.84 Å². The normalized spacial score (nSPS) is 18.1. The van der Waals surface area contributed by atoms with E-state index in [0.29, 0.717) is 18.9 Å². The minimum atomic E-state index is -0.651. The minimum Gasteiger partial charge on any atom is -0.352 e. The van der Waals surface area contributed by atoms with Crippen molar-refractivity contribution in [3.8, 4) is 0 Å². The summed E-state index contributed by atoms with van der Waals surface area (Å²) in [6.45, 7) is 9.21. The number of hydrazine groups is 1. The summed E-state index contributed by atoms with van der Waals surface area (Å²) in [6, 6.07) is 0. The molecular weight excluding hydrogens is 256 g/mol. The van der Waals surface area contributed by atoms with Gasteiger partial charge in [0, 0.05) is 18.7 Å². The number of carbonyl (C=O) groups is 1. The lowest BCUT2D eigenvalue weighted by molar-refractivity contribution is -0.126. The Morgan fingerprint density at radius 1 is 1.45 bits per heavy atom. The average Bonchev–Trinajstić information content (AvgIpc) is 2.40. The van der Waals surface area contributed by atoms with Gasteiger partial charge in [0.25, 0.3) is 0 Å². The van der Waals surface area contributed by atoms with Crippen molar-refractivity contribution in [1.29, 1.82) is 0 Å². The number of nitrogens with two attached hydrogens (primary N) is 1. The lowest BCUT2D eigenvalue weighted by Crippen LogP contribution is -2.62. The van der Waals surface area contributed by atoms with Crippen LogP contribution in [0.3, 0.4) is 0 Å². The van der Waals surface area contributed by atoms with E-state index in [9.17, 15) is 4.79 Å². The predicted octanol–water partition coefficient (Wildman–Crippen LogP) is 0.600. The molecule has 1 amide bonds. The van der Waals surface area contributed by atoms with Crippen LogP contribution in [0.15, 0.2) is 6.33 Å². The minimum absolute atomic E-state index is 0.000624. The van der Waals surface area contributed by atoms with Gasteiger partial charge in [-0.3, -0.25) is 4.79 Å². The summed E-state index contributed by atoms with van der Waals surface area (Å²) in [5, 5.41) is 2.88. The highest BCUT2D eigenvalue weighted by atomic mass is 16.2. The van der Waals surface area contributed by atoms with Crippen LogP contribution in [0, 0.1) is 0 Å². The molecule has 1 aliphatic heterocycles. The molecule has 0 spiro atoms. The number of nitrogens with zero attached hydrogens (tertiary/aromatic N) is 3. The Morgan fingerprint density at radius 3 is 2.75 bits per heavy atom. The highest BCUT2D eigenvalue weighted by Crippen LogP contribution is 2.34. The highest BCUT2D eigenvalue weighted by Gasteiger charge is 2.39. The van der Waals surface area contributed by atoms with Crippen LogP contribution in [0.4, 0.5) is 11.6 Å². The number of hydrogen-bond acceptors (Lipinski definition) is 6. The van der Waals surface area contributed by atoms with Gasteiger partial charge in [-0.1, -0.05) is 13.8 Å². The van der Waals surface area contributed by atoms with Crippen LogP contribution in [0.2, 0.25) is 0 Å². The first-order chi connectivity index (χ1) is 9.39. The summed E-state index contributed by atoms with van der Waals surface area (Å²) >= 11 is 0. The second kappa shape index (κ2) is 5.24. The molecule has 0 radical (unpaired) electrons. The van der Waals surface area contributed by atoms with Crippen LogP contribution in [-0.4, -0.2) is 34.5 Å². The lowest BCUT2D eigenvalue weighted by atomic mass is 9.96. The molecule has 20 heavy (non-hydrogen) atoms. The van der Waals surface area contributed by atoms with Crippen LogP contribution in [-0.2, 0) is 4.79 Å². The third kappa shape index (κ3) is 2.29. The number of nitrogen functional groups attached to an aromatic ring is 1. The van der Waals surface area contributed by atoms with Crippen LogP contribution < -0.4 is 21.5 Å². The van der Waals surface area contributed by atoms with E-state index >= 15 is 0 Å². The Bertz CT molecular complexity index is 514. The fraction of sp³-hybridized carbons (Fsp3) is 0.615. The average molecular weight is 278 g/mol. The van der Waals surface area contributed by atoms with Crippen LogP contribution in [0.1, 0.15) is 39.2 Å². The molecule has 7 heteroatoms. The molecule has 0 bridgehead atoms. The molecule has 7 nitrogen and oxygen atoms in total. The van der Waals surface area contributed by atoms with E-state index in [1.54, 1.807) is 0 Å². The van der Waals surface area contributed by atoms with E-state index in [2.05, 4.69) is 34.6 Å². The van der Waals surface area contributed by atoms with Gasteiger partial charge in [0.05, 0.1) is 0 Å². The molecule has 2 rings (SSSR count). The number of carbonyl (C=O) groups excluding carboxylic acids is 1. The van der Waals surface area contributed by atoms with Gasteiger partial charge in [0.15, 0.2) is 0 Å². The van der Waals surface area contributed by atoms with Gasteiger partial charge in [0.1, 0.15) is 23.5 Å². The van der Waals surface area contributed by atoms with Gasteiger partial charge in [-0.05, 0) is 19.8 Å². The van der Waals surface area contributed by atoms with Crippen molar-refractivity contribution in [1.82, 2.24) is 15.3 Å². The number of hydrogen-bond donors (Lipinski definition) is 3. The Morgan fingerprint density at radius 2 is 2.15 bits per heavy atom. The molecular formula is C13H22N6O. The van der Waals surface area contributed by atoms with Crippen LogP contribution in [0.5, 0.6) is 0 Å². The van der Waals surface area contributed by atoms with Crippen LogP contribution in [0.25, 0.3) is 0 Å². The monoisotopic (exact) mass is 278 g/mol. The molecule has 0 atom stereocenters. The highest BCUT2D eigenvalue weighted by molar-refractivity contribution is 5.90. The summed E-state index contributed by atoms with van der Waals surface area (Å²) < 4.78 is 0. The molecule has 1 aromatic heterocycles. The van der Waals surface area contributed by atoms with Gasteiger partial charge >= 0.3 is 0 Å². The van der Waals surface area contributed by atoms with E-state index in [0.717, 1.165) is 11.4 Å². The van der Waals surface area contributed by atoms with E-state index in [1.807, 2.05) is 18.7 Å². The molecule has 1 aromatic rings. The first-order valence-electron chi connectivity index (χ1n) is 6.77. The standard InChI is InChI=1S/C13H22N6O/c1-8(2)9-10(18-14)16-7-17-11(9)19-6-5-15-12(20)13(19,3)4/h7-8H,5-6,14H2,1-4H3,(H,15,20)(H,16,17,18). The summed E-state index contributed by atoms with van der Waals surface area (Å²) in [6.07, 6.45) is 1.47. The third-order valence-electron chi connectivity index (χ3n) is 3.68. The zero-order valence-corrected chi connectivity index (χ0v) is 12.4. The smallest absolute Gasteiger partial charge is 0.245 e. The molecule has 2 heterocycles. The first-order valence-corrected chi connectivity index (χ1v) is 6.77. The topological polar surface area (TPSA) is 96.2 Å². The van der Waals surface area contributed by atoms with E-state index in [-0.39, 0.29) is 11.8 Å². The first kappa shape index (κ1) is 14.5. The zero-order chi connectivity index (χ0) is 14.9. The van der Waals surface area contributed by atoms with Gasteiger partial charge in [-0.2, -0.15) is 0 Å². The number of amides is 1. The van der Waals surface area contributed by atoms with E-state index < -0.39 is 5.54 Å². The van der Waals surface area contributed by atoms with Crippen molar-refractivity contribution in [3.63, 3.8) is 0 Å². The van der Waals surface area contributed by atoms with E-state index in [1.165, 1.54) is 6.33 Å². The maximum Gasteiger partial charge on any atom is 0.245 e. The maximum atomic E-state index is 12.1. The zero-order valence-electron chi connectivity index (χ0n) is 12.4. The largest absolute Gasteiger partial charge is 0.352 e. The van der Waals surface area contributed by atoms with Crippen molar-refractivity contribution in [3.05, 3.63) is 11.9 Å². The van der Waals surface area contributed by atoms with Crippen LogP contribution >= 0.6 is 0 Å². The lowest BCUT2D eigenvalue weighted by Gasteiger charge is -2.43. The maximum absolute atomic E-state index is 12.1. The Hall–Kier alpha value is -1.89. The molecule has 0 aliphatic carbocycles. The molecule has 0 saturated carbocycles. The summed E-state index contributed by atoms with van der Waals surface area (Å²) in [5.74, 6) is 7.11. The molecule has 0 unspecified atom stereocenters. The number of rotatable bonds is 3. The number of aromatic nitrogens is 2. The summed E-state index contributed by atoms with van der Waals surface area (Å²) in [4.78, 5) is 22.7. The molecule has 4 N–H and O–H groups in total. The van der Waals surface area contributed by atoms with Gasteiger partial charge in [0.2, 0.25) is 5.91 Å². The number of nitrogens with one attached hydrogen (secondary N) is 2. The quantitative estimate of drug-likeness (QED) is 0.553. The Kier molecular flexibility index (Phi) is 3.80. The second-order valence-corrected chi connectivity index (χ2v) is 5.73. The Balaban J connectivity index is 2.54. The predicted molar refractivity (Wildman–Crippen MR) is 78.4 cm³/mol. The molecule has 1 aliphatic rings. The fourth-order valence-electron chi connectivity index (χ4n) is 2.52. The van der Waals surface area contributed by atoms with Gasteiger partial charge in [-0.15, -0.1) is 0 Å². The molecule has 1 saturated heterocycles.